The van der Waals surface area contributed by atoms with Crippen molar-refractivity contribution in [2.45, 2.75) is 6.42 Å². The number of nitrogens with two attached hydrogens (primary N) is 2. The molecule has 0 rings (SSSR count). The average molecular weight is 566 g/mol. The van der Waals surface area contributed by atoms with E-state index in [9.17, 15) is 28.8 Å². The molecule has 0 bridgehead atoms. The topological polar surface area (TPSA) is 252 Å². The molecule has 39 heavy (non-hydrogen) atoms. The van der Waals surface area contributed by atoms with Crippen molar-refractivity contribution in [2.24, 2.45) is 11.5 Å². The summed E-state index contributed by atoms with van der Waals surface area (Å²) >= 11 is 0. The molecule has 0 heterocycles. The summed E-state index contributed by atoms with van der Waals surface area (Å²) in [5.74, 6) is -2.82. The van der Waals surface area contributed by atoms with Crippen LogP contribution in [0, 0.1) is 0 Å². The van der Waals surface area contributed by atoms with Crippen LogP contribution >= 0.6 is 0 Å². The third-order valence-corrected chi connectivity index (χ3v) is 4.02. The maximum Gasteiger partial charge on any atom is 0.239 e. The number of carbonyl (C=O) groups is 6. The van der Waals surface area contributed by atoms with Gasteiger partial charge in [0.05, 0.1) is 85.6 Å². The van der Waals surface area contributed by atoms with Crippen LogP contribution in [0.3, 0.4) is 0 Å². The molecular formula is C22H43N7O10. The molecule has 0 unspecified atom stereocenters. The second-order valence-corrected chi connectivity index (χ2v) is 7.07. The number of amides is 5. The largest absolute Gasteiger partial charge is 0.379 e. The Labute approximate surface area is 227 Å². The van der Waals surface area contributed by atoms with Gasteiger partial charge in [-0.1, -0.05) is 0 Å². The van der Waals surface area contributed by atoms with Crippen LogP contribution in [-0.2, 0) is 47.7 Å². The molecule has 0 aromatic heterocycles. The Bertz CT molecular complexity index is 698. The second-order valence-electron chi connectivity index (χ2n) is 7.07. The number of carbonyl (C=O) groups excluding carboxylic acids is 6. The highest BCUT2D eigenvalue weighted by atomic mass is 16.6. The molecule has 0 saturated heterocycles. The molecule has 0 aromatic carbocycles. The van der Waals surface area contributed by atoms with Gasteiger partial charge in [-0.05, 0) is 7.05 Å². The smallest absolute Gasteiger partial charge is 0.239 e. The van der Waals surface area contributed by atoms with Crippen LogP contribution in [0.15, 0.2) is 0 Å². The van der Waals surface area contributed by atoms with Crippen LogP contribution in [0.4, 0.5) is 0 Å². The van der Waals surface area contributed by atoms with Gasteiger partial charge in [0.15, 0.2) is 0 Å². The third-order valence-electron chi connectivity index (χ3n) is 4.02. The summed E-state index contributed by atoms with van der Waals surface area (Å²) in [6.45, 7) is 1.89. The monoisotopic (exact) mass is 565 g/mol. The van der Waals surface area contributed by atoms with E-state index >= 15 is 0 Å². The number of aldehydes is 1. The molecule has 5 amide bonds. The first-order chi connectivity index (χ1) is 18.9. The van der Waals surface area contributed by atoms with Crippen LogP contribution in [0.5, 0.6) is 0 Å². The van der Waals surface area contributed by atoms with E-state index in [4.69, 9.17) is 24.7 Å². The standard InChI is InChI=1S/C21H38N6O10.CH5N/c22-2-6-35-8-10-37-12-11-36-9-7-34-5-1-17(29)24-14-19(31)26-16-21(33)27-15-20(32)25-13-18(30)23-3-4-28;1-2/h4H,1-3,5-16,22H2,(H,23,30)(H,24,29)(H,25,32)(H,26,31)(H,27,33);2H2,1H3. The van der Waals surface area contributed by atoms with Gasteiger partial charge in [0.2, 0.25) is 29.5 Å². The third kappa shape index (κ3) is 29.2. The highest BCUT2D eigenvalue weighted by Gasteiger charge is 2.10. The molecule has 0 spiro atoms. The first-order valence-electron chi connectivity index (χ1n) is 12.2. The van der Waals surface area contributed by atoms with E-state index in [1.54, 1.807) is 0 Å². The SMILES string of the molecule is CN.NCCOCCOCCOCCOCCC(=O)NCC(=O)NCC(=O)NCC(=O)NCC(=O)NCC=O. The van der Waals surface area contributed by atoms with E-state index in [0.717, 1.165) is 0 Å². The quantitative estimate of drug-likeness (QED) is 0.0428. The Hall–Kier alpha value is -3.22. The van der Waals surface area contributed by atoms with Crippen molar-refractivity contribution in [1.82, 2.24) is 26.6 Å². The average Bonchev–Trinajstić information content (AvgIpc) is 2.95. The van der Waals surface area contributed by atoms with Gasteiger partial charge in [0.1, 0.15) is 6.29 Å². The Balaban J connectivity index is 0. The molecule has 17 nitrogen and oxygen atoms in total. The van der Waals surface area contributed by atoms with E-state index in [-0.39, 0.29) is 32.7 Å². The Morgan fingerprint density at radius 3 is 1.26 bits per heavy atom. The number of ether oxygens (including phenoxy) is 4. The normalized spacial score (nSPS) is 9.92. The fourth-order valence-electron chi connectivity index (χ4n) is 2.22. The summed E-state index contributed by atoms with van der Waals surface area (Å²) in [4.78, 5) is 68.0. The van der Waals surface area contributed by atoms with Gasteiger partial charge in [-0.3, -0.25) is 24.0 Å². The lowest BCUT2D eigenvalue weighted by atomic mass is 10.4. The molecule has 0 radical (unpaired) electrons. The number of nitrogens with one attached hydrogen (secondary N) is 5. The molecule has 0 aliphatic carbocycles. The molecule has 0 aliphatic heterocycles. The summed E-state index contributed by atoms with van der Waals surface area (Å²) in [5.41, 5.74) is 9.79. The highest BCUT2D eigenvalue weighted by molar-refractivity contribution is 5.91. The molecule has 0 fully saturated rings. The van der Waals surface area contributed by atoms with E-state index in [2.05, 4.69) is 32.3 Å². The molecule has 0 aliphatic rings. The van der Waals surface area contributed by atoms with E-state index in [1.165, 1.54) is 7.05 Å². The maximum absolute atomic E-state index is 11.7. The minimum absolute atomic E-state index is 0.0436. The van der Waals surface area contributed by atoms with Crippen molar-refractivity contribution in [1.29, 1.82) is 0 Å². The van der Waals surface area contributed by atoms with Crippen LogP contribution in [0.2, 0.25) is 0 Å². The van der Waals surface area contributed by atoms with Crippen LogP contribution < -0.4 is 38.1 Å². The summed E-state index contributed by atoms with van der Waals surface area (Å²) in [6.07, 6.45) is 0.540. The van der Waals surface area contributed by atoms with Crippen molar-refractivity contribution in [3.05, 3.63) is 0 Å². The summed E-state index contributed by atoms with van der Waals surface area (Å²) in [7, 11) is 1.50. The zero-order chi connectivity index (χ0) is 29.6. The Kier molecular flexibility index (Phi) is 28.5. The van der Waals surface area contributed by atoms with Gasteiger partial charge in [0.25, 0.3) is 0 Å². The molecule has 226 valence electrons. The van der Waals surface area contributed by atoms with E-state index in [0.29, 0.717) is 59.1 Å². The van der Waals surface area contributed by atoms with Crippen molar-refractivity contribution in [3.8, 4) is 0 Å². The summed E-state index contributed by atoms with van der Waals surface area (Å²) in [5, 5.41) is 11.4. The van der Waals surface area contributed by atoms with Crippen LogP contribution in [0.1, 0.15) is 6.42 Å². The van der Waals surface area contributed by atoms with Gasteiger partial charge in [-0.15, -0.1) is 0 Å². The molecule has 0 atom stereocenters. The van der Waals surface area contributed by atoms with Gasteiger partial charge < -0.3 is 61.8 Å². The zero-order valence-corrected chi connectivity index (χ0v) is 22.4. The lowest BCUT2D eigenvalue weighted by Crippen LogP contribution is -2.45. The Morgan fingerprint density at radius 1 is 0.538 bits per heavy atom. The summed E-state index contributed by atoms with van der Waals surface area (Å²) in [6, 6.07) is 0. The molecule has 9 N–H and O–H groups in total. The molecule has 17 heteroatoms. The lowest BCUT2D eigenvalue weighted by Gasteiger charge is -2.09. The first-order valence-corrected chi connectivity index (χ1v) is 12.2. The van der Waals surface area contributed by atoms with E-state index in [1.807, 2.05) is 0 Å². The molecule has 0 saturated carbocycles. The lowest BCUT2D eigenvalue weighted by molar-refractivity contribution is -0.129. The molecular weight excluding hydrogens is 522 g/mol. The van der Waals surface area contributed by atoms with E-state index < -0.39 is 42.6 Å². The fourth-order valence-corrected chi connectivity index (χ4v) is 2.22. The van der Waals surface area contributed by atoms with Crippen molar-refractivity contribution in [3.63, 3.8) is 0 Å². The highest BCUT2D eigenvalue weighted by Crippen LogP contribution is 1.86. The van der Waals surface area contributed by atoms with Crippen molar-refractivity contribution < 1.29 is 47.7 Å². The second kappa shape index (κ2) is 29.3. The zero-order valence-electron chi connectivity index (χ0n) is 22.4. The first kappa shape index (κ1) is 37.9. The van der Waals surface area contributed by atoms with Crippen molar-refractivity contribution in [2.75, 3.05) is 99.2 Å². The predicted molar refractivity (Wildman–Crippen MR) is 138 cm³/mol. The van der Waals surface area contributed by atoms with Gasteiger partial charge in [-0.2, -0.15) is 0 Å². The van der Waals surface area contributed by atoms with Crippen LogP contribution in [0.25, 0.3) is 0 Å². The summed E-state index contributed by atoms with van der Waals surface area (Å²) < 4.78 is 21.0. The minimum atomic E-state index is -0.640. The number of hydrogen-bond acceptors (Lipinski definition) is 12. The van der Waals surface area contributed by atoms with Gasteiger partial charge >= 0.3 is 0 Å². The van der Waals surface area contributed by atoms with Gasteiger partial charge in [0, 0.05) is 13.0 Å². The Morgan fingerprint density at radius 2 is 0.872 bits per heavy atom. The van der Waals surface area contributed by atoms with Gasteiger partial charge in [-0.25, -0.2) is 0 Å². The minimum Gasteiger partial charge on any atom is -0.379 e. The number of hydrogen-bond donors (Lipinski definition) is 7. The maximum atomic E-state index is 11.7. The van der Waals surface area contributed by atoms with Crippen molar-refractivity contribution >= 4 is 35.8 Å². The number of rotatable bonds is 24. The van der Waals surface area contributed by atoms with Crippen LogP contribution in [-0.4, -0.2) is 135 Å². The molecule has 0 aromatic rings. The fraction of sp³-hybridized carbons (Fsp3) is 0.727. The predicted octanol–water partition coefficient (Wildman–Crippen LogP) is -5.24.